The number of fused-ring (bicyclic) bond motifs is 1. The van der Waals surface area contributed by atoms with Gasteiger partial charge in [-0.2, -0.15) is 0 Å². The van der Waals surface area contributed by atoms with Crippen molar-refractivity contribution in [1.29, 1.82) is 0 Å². The Labute approximate surface area is 119 Å². The Balaban J connectivity index is 2.28. The molecule has 0 aliphatic carbocycles. The Hall–Kier alpha value is -2.82. The number of hydrogen-bond donors (Lipinski definition) is 1. The van der Waals surface area contributed by atoms with Crippen LogP contribution in [0.2, 0.25) is 0 Å². The topological polar surface area (TPSA) is 59.7 Å². The second-order valence-electron chi connectivity index (χ2n) is 4.48. The standard InChI is InChI=1S/C16H11FO4/c1-20-11-5-2-9(3-6-11)14-15(18)12-8-10(17)4-7-13(12)21-16(14)19/h2-8,18H,1H3. The van der Waals surface area contributed by atoms with Crippen LogP contribution in [0.25, 0.3) is 22.1 Å². The van der Waals surface area contributed by atoms with Gasteiger partial charge in [-0.3, -0.25) is 0 Å². The van der Waals surface area contributed by atoms with Gasteiger partial charge in [-0.15, -0.1) is 0 Å². The van der Waals surface area contributed by atoms with Crippen molar-refractivity contribution in [1.82, 2.24) is 0 Å². The Morgan fingerprint density at radius 3 is 2.52 bits per heavy atom. The van der Waals surface area contributed by atoms with Crippen molar-refractivity contribution < 1.29 is 18.7 Å². The minimum Gasteiger partial charge on any atom is -0.506 e. The summed E-state index contributed by atoms with van der Waals surface area (Å²) in [7, 11) is 1.53. The number of benzene rings is 2. The van der Waals surface area contributed by atoms with Crippen LogP contribution in [0.15, 0.2) is 51.7 Å². The molecule has 0 radical (unpaired) electrons. The number of hydrogen-bond acceptors (Lipinski definition) is 4. The maximum Gasteiger partial charge on any atom is 0.347 e. The van der Waals surface area contributed by atoms with Crippen molar-refractivity contribution in [2.45, 2.75) is 0 Å². The lowest BCUT2D eigenvalue weighted by atomic mass is 10.0. The van der Waals surface area contributed by atoms with Gasteiger partial charge in [0, 0.05) is 0 Å². The van der Waals surface area contributed by atoms with E-state index in [0.717, 1.165) is 12.1 Å². The van der Waals surface area contributed by atoms with Gasteiger partial charge in [0.05, 0.1) is 12.5 Å². The molecule has 0 saturated heterocycles. The van der Waals surface area contributed by atoms with E-state index < -0.39 is 11.4 Å². The van der Waals surface area contributed by atoms with Crippen LogP contribution in [-0.2, 0) is 0 Å². The first kappa shape index (κ1) is 13.2. The van der Waals surface area contributed by atoms with Crippen molar-refractivity contribution >= 4 is 11.0 Å². The molecule has 1 N–H and O–H groups in total. The highest BCUT2D eigenvalue weighted by Gasteiger charge is 2.16. The summed E-state index contributed by atoms with van der Waals surface area (Å²) in [5, 5.41) is 10.4. The summed E-state index contributed by atoms with van der Waals surface area (Å²) in [4.78, 5) is 12.0. The third-order valence-electron chi connectivity index (χ3n) is 3.22. The molecular formula is C16H11FO4. The number of halogens is 1. The van der Waals surface area contributed by atoms with Crippen LogP contribution in [0.4, 0.5) is 4.39 Å². The molecule has 3 aromatic rings. The lowest BCUT2D eigenvalue weighted by Gasteiger charge is -2.07. The zero-order valence-corrected chi connectivity index (χ0v) is 11.1. The first-order valence-electron chi connectivity index (χ1n) is 6.20. The van der Waals surface area contributed by atoms with Crippen LogP contribution in [0.1, 0.15) is 0 Å². The van der Waals surface area contributed by atoms with E-state index >= 15 is 0 Å². The second kappa shape index (κ2) is 4.94. The average Bonchev–Trinajstić information content (AvgIpc) is 2.49. The Morgan fingerprint density at radius 1 is 1.14 bits per heavy atom. The van der Waals surface area contributed by atoms with E-state index in [9.17, 15) is 14.3 Å². The molecule has 0 atom stereocenters. The lowest BCUT2D eigenvalue weighted by Crippen LogP contribution is -2.03. The molecule has 2 aromatic carbocycles. The van der Waals surface area contributed by atoms with Crippen molar-refractivity contribution in [3.05, 3.63) is 58.7 Å². The smallest absolute Gasteiger partial charge is 0.347 e. The molecule has 0 spiro atoms. The molecule has 5 heteroatoms. The molecular weight excluding hydrogens is 275 g/mol. The average molecular weight is 286 g/mol. The second-order valence-corrected chi connectivity index (χ2v) is 4.48. The molecule has 0 amide bonds. The third-order valence-corrected chi connectivity index (χ3v) is 3.22. The quantitative estimate of drug-likeness (QED) is 0.734. The summed E-state index contributed by atoms with van der Waals surface area (Å²) in [6, 6.07) is 10.2. The number of aromatic hydroxyl groups is 1. The van der Waals surface area contributed by atoms with Crippen LogP contribution in [0.5, 0.6) is 11.5 Å². The van der Waals surface area contributed by atoms with Gasteiger partial charge in [0.1, 0.15) is 28.5 Å². The number of rotatable bonds is 2. The summed E-state index contributed by atoms with van der Waals surface area (Å²) in [6.45, 7) is 0. The first-order chi connectivity index (χ1) is 10.1. The van der Waals surface area contributed by atoms with Gasteiger partial charge in [-0.25, -0.2) is 9.18 Å². The molecule has 21 heavy (non-hydrogen) atoms. The van der Waals surface area contributed by atoms with E-state index in [0.29, 0.717) is 11.3 Å². The largest absolute Gasteiger partial charge is 0.506 e. The highest BCUT2D eigenvalue weighted by atomic mass is 19.1. The van der Waals surface area contributed by atoms with Crippen LogP contribution in [-0.4, -0.2) is 12.2 Å². The summed E-state index contributed by atoms with van der Waals surface area (Å²) in [6.07, 6.45) is 0. The molecule has 0 aliphatic rings. The summed E-state index contributed by atoms with van der Waals surface area (Å²) in [5.41, 5.74) is -0.0862. The van der Waals surface area contributed by atoms with Crippen LogP contribution < -0.4 is 10.4 Å². The van der Waals surface area contributed by atoms with E-state index in [1.165, 1.54) is 13.2 Å². The minimum absolute atomic E-state index is 0.00393. The molecule has 0 bridgehead atoms. The molecule has 3 rings (SSSR count). The van der Waals surface area contributed by atoms with E-state index in [1.54, 1.807) is 24.3 Å². The van der Waals surface area contributed by atoms with Gasteiger partial charge in [0.2, 0.25) is 0 Å². The van der Waals surface area contributed by atoms with Crippen molar-refractivity contribution in [2.24, 2.45) is 0 Å². The monoisotopic (exact) mass is 286 g/mol. The van der Waals surface area contributed by atoms with E-state index in [1.807, 2.05) is 0 Å². The Morgan fingerprint density at radius 2 is 1.86 bits per heavy atom. The SMILES string of the molecule is COc1ccc(-c2c(O)c3cc(F)ccc3oc2=O)cc1. The molecule has 106 valence electrons. The first-order valence-corrected chi connectivity index (χ1v) is 6.20. The van der Waals surface area contributed by atoms with Crippen LogP contribution in [0, 0.1) is 5.82 Å². The fourth-order valence-electron chi connectivity index (χ4n) is 2.17. The molecule has 1 aromatic heterocycles. The van der Waals surface area contributed by atoms with Crippen molar-refractivity contribution in [2.75, 3.05) is 7.11 Å². The summed E-state index contributed by atoms with van der Waals surface area (Å²) >= 11 is 0. The molecule has 0 saturated carbocycles. The zero-order valence-electron chi connectivity index (χ0n) is 11.1. The third kappa shape index (κ3) is 2.23. The highest BCUT2D eigenvalue weighted by Crippen LogP contribution is 2.33. The fourth-order valence-corrected chi connectivity index (χ4v) is 2.17. The van der Waals surface area contributed by atoms with Gasteiger partial charge >= 0.3 is 5.63 Å². The van der Waals surface area contributed by atoms with Gasteiger partial charge < -0.3 is 14.3 Å². The predicted molar refractivity (Wildman–Crippen MR) is 76.1 cm³/mol. The van der Waals surface area contributed by atoms with Crippen molar-refractivity contribution in [3.63, 3.8) is 0 Å². The highest BCUT2D eigenvalue weighted by molar-refractivity contribution is 5.90. The van der Waals surface area contributed by atoms with Gasteiger partial charge in [0.25, 0.3) is 0 Å². The normalized spacial score (nSPS) is 10.8. The van der Waals surface area contributed by atoms with E-state index in [2.05, 4.69) is 0 Å². The predicted octanol–water partition coefficient (Wildman–Crippen LogP) is 3.31. The molecule has 0 fully saturated rings. The molecule has 0 aliphatic heterocycles. The van der Waals surface area contributed by atoms with Gasteiger partial charge in [-0.1, -0.05) is 12.1 Å². The number of methoxy groups -OCH3 is 1. The van der Waals surface area contributed by atoms with E-state index in [-0.39, 0.29) is 22.3 Å². The van der Waals surface area contributed by atoms with Gasteiger partial charge in [0.15, 0.2) is 0 Å². The fraction of sp³-hybridized carbons (Fsp3) is 0.0625. The molecule has 0 unspecified atom stereocenters. The summed E-state index contributed by atoms with van der Waals surface area (Å²) < 4.78 is 23.5. The lowest BCUT2D eigenvalue weighted by molar-refractivity contribution is 0.415. The van der Waals surface area contributed by atoms with Crippen LogP contribution >= 0.6 is 0 Å². The maximum atomic E-state index is 13.3. The Kier molecular flexibility index (Phi) is 3.10. The maximum absolute atomic E-state index is 13.3. The zero-order chi connectivity index (χ0) is 15.0. The Bertz CT molecular complexity index is 866. The summed E-state index contributed by atoms with van der Waals surface area (Å²) in [5.74, 6) is -0.201. The van der Waals surface area contributed by atoms with Gasteiger partial charge in [-0.05, 0) is 35.9 Å². The van der Waals surface area contributed by atoms with Crippen molar-refractivity contribution in [3.8, 4) is 22.6 Å². The minimum atomic E-state index is -0.684. The van der Waals surface area contributed by atoms with Crippen LogP contribution in [0.3, 0.4) is 0 Å². The van der Waals surface area contributed by atoms with E-state index in [4.69, 9.17) is 9.15 Å². The number of ether oxygens (including phenoxy) is 1. The molecule has 1 heterocycles. The molecule has 4 nitrogen and oxygen atoms in total.